The van der Waals surface area contributed by atoms with Gasteiger partial charge in [-0.25, -0.2) is 4.98 Å². The van der Waals surface area contributed by atoms with Gasteiger partial charge in [0.2, 0.25) is 0 Å². The maximum absolute atomic E-state index is 12.4. The molecule has 1 aromatic heterocycles. The van der Waals surface area contributed by atoms with E-state index in [0.29, 0.717) is 18.1 Å². The summed E-state index contributed by atoms with van der Waals surface area (Å²) in [5, 5.41) is 2.79. The molecule has 0 aliphatic carbocycles. The van der Waals surface area contributed by atoms with Gasteiger partial charge in [-0.1, -0.05) is 32.9 Å². The van der Waals surface area contributed by atoms with E-state index in [4.69, 9.17) is 0 Å². The number of carbonyl (C=O) groups excluding carboxylic acids is 1. The fourth-order valence-corrected chi connectivity index (χ4v) is 2.39. The number of benzene rings is 1. The van der Waals surface area contributed by atoms with Crippen LogP contribution in [0.5, 0.6) is 0 Å². The van der Waals surface area contributed by atoms with Crippen LogP contribution in [-0.2, 0) is 12.0 Å². The minimum absolute atomic E-state index is 0.0675. The Hall–Kier alpha value is -2.63. The van der Waals surface area contributed by atoms with Gasteiger partial charge in [-0.15, -0.1) is 0 Å². The number of H-pyrrole nitrogens is 1. The molecule has 0 aliphatic heterocycles. The van der Waals surface area contributed by atoms with Crippen LogP contribution in [0.1, 0.15) is 48.2 Å². The summed E-state index contributed by atoms with van der Waals surface area (Å²) < 4.78 is 0. The summed E-state index contributed by atoms with van der Waals surface area (Å²) in [6, 6.07) is 7.87. The highest BCUT2D eigenvalue weighted by Gasteiger charge is 2.22. The molecule has 2 rings (SSSR count). The van der Waals surface area contributed by atoms with E-state index in [-0.39, 0.29) is 11.0 Å². The van der Waals surface area contributed by atoms with Crippen molar-refractivity contribution < 1.29 is 4.79 Å². The average molecular weight is 342 g/mol. The fourth-order valence-electron chi connectivity index (χ4n) is 2.39. The molecule has 0 bridgehead atoms. The van der Waals surface area contributed by atoms with Gasteiger partial charge in [0, 0.05) is 31.7 Å². The lowest BCUT2D eigenvalue weighted by molar-refractivity contribution is 0.0948. The monoisotopic (exact) mass is 342 g/mol. The molecule has 0 fully saturated rings. The van der Waals surface area contributed by atoms with Crippen molar-refractivity contribution in [3.8, 4) is 0 Å². The van der Waals surface area contributed by atoms with Gasteiger partial charge in [0.05, 0.1) is 5.69 Å². The standard InChI is InChI=1S/C19H26N4O2/c1-12-15(17(25)22-18(21-12)19(2,3)4)16(24)20-11-13-7-9-14(10-8-13)23(5)6/h7-10H,11H2,1-6H3,(H,20,24)(H,21,22,25). The number of aromatic amines is 1. The van der Waals surface area contributed by atoms with Crippen LogP contribution in [0.2, 0.25) is 0 Å². The summed E-state index contributed by atoms with van der Waals surface area (Å²) in [7, 11) is 3.94. The second-order valence-corrected chi connectivity index (χ2v) is 7.37. The molecule has 1 aromatic carbocycles. The van der Waals surface area contributed by atoms with E-state index in [0.717, 1.165) is 11.3 Å². The second-order valence-electron chi connectivity index (χ2n) is 7.37. The number of amides is 1. The van der Waals surface area contributed by atoms with Crippen LogP contribution in [0.15, 0.2) is 29.1 Å². The largest absolute Gasteiger partial charge is 0.378 e. The fraction of sp³-hybridized carbons (Fsp3) is 0.421. The van der Waals surface area contributed by atoms with Gasteiger partial charge >= 0.3 is 0 Å². The topological polar surface area (TPSA) is 78.1 Å². The molecule has 6 heteroatoms. The van der Waals surface area contributed by atoms with E-state index < -0.39 is 11.5 Å². The molecule has 1 heterocycles. The summed E-state index contributed by atoms with van der Waals surface area (Å²) in [5.41, 5.74) is 1.87. The summed E-state index contributed by atoms with van der Waals surface area (Å²) in [5.74, 6) is 0.161. The molecule has 25 heavy (non-hydrogen) atoms. The Bertz CT molecular complexity index is 815. The molecule has 2 N–H and O–H groups in total. The molecule has 0 atom stereocenters. The second kappa shape index (κ2) is 7.09. The third-order valence-electron chi connectivity index (χ3n) is 3.94. The first-order valence-corrected chi connectivity index (χ1v) is 8.25. The lowest BCUT2D eigenvalue weighted by Gasteiger charge is -2.18. The van der Waals surface area contributed by atoms with Gasteiger partial charge < -0.3 is 15.2 Å². The Morgan fingerprint density at radius 1 is 1.20 bits per heavy atom. The van der Waals surface area contributed by atoms with Crippen LogP contribution in [0.3, 0.4) is 0 Å². The van der Waals surface area contributed by atoms with Crippen molar-refractivity contribution in [3.63, 3.8) is 0 Å². The normalized spacial score (nSPS) is 11.3. The van der Waals surface area contributed by atoms with Crippen molar-refractivity contribution in [1.82, 2.24) is 15.3 Å². The predicted molar refractivity (Wildman–Crippen MR) is 100 cm³/mol. The number of aromatic nitrogens is 2. The molecule has 0 radical (unpaired) electrons. The first-order valence-electron chi connectivity index (χ1n) is 8.25. The van der Waals surface area contributed by atoms with Crippen molar-refractivity contribution >= 4 is 11.6 Å². The summed E-state index contributed by atoms with van der Waals surface area (Å²) >= 11 is 0. The molecule has 0 spiro atoms. The molecule has 134 valence electrons. The minimum Gasteiger partial charge on any atom is -0.378 e. The van der Waals surface area contributed by atoms with Gasteiger partial charge in [0.15, 0.2) is 0 Å². The van der Waals surface area contributed by atoms with E-state index in [9.17, 15) is 9.59 Å². The molecule has 0 saturated heterocycles. The Morgan fingerprint density at radius 3 is 2.28 bits per heavy atom. The van der Waals surface area contributed by atoms with Gasteiger partial charge in [-0.2, -0.15) is 0 Å². The highest BCUT2D eigenvalue weighted by molar-refractivity contribution is 5.94. The predicted octanol–water partition coefficient (Wildman–Crippen LogP) is 2.37. The Balaban J connectivity index is 2.14. The molecule has 0 saturated carbocycles. The molecule has 6 nitrogen and oxygen atoms in total. The lowest BCUT2D eigenvalue weighted by atomic mass is 9.95. The molecule has 0 unspecified atom stereocenters. The van der Waals surface area contributed by atoms with Gasteiger partial charge in [-0.3, -0.25) is 9.59 Å². The minimum atomic E-state index is -0.414. The number of nitrogens with zero attached hydrogens (tertiary/aromatic N) is 2. The van der Waals surface area contributed by atoms with Crippen LogP contribution in [0.25, 0.3) is 0 Å². The molecular weight excluding hydrogens is 316 g/mol. The number of nitrogens with one attached hydrogen (secondary N) is 2. The maximum atomic E-state index is 12.4. The lowest BCUT2D eigenvalue weighted by Crippen LogP contribution is -2.33. The summed E-state index contributed by atoms with van der Waals surface area (Å²) in [6.45, 7) is 7.92. The molecule has 0 aliphatic rings. The summed E-state index contributed by atoms with van der Waals surface area (Å²) in [4.78, 5) is 33.9. The van der Waals surface area contributed by atoms with Crippen molar-refractivity contribution in [2.75, 3.05) is 19.0 Å². The van der Waals surface area contributed by atoms with Crippen molar-refractivity contribution in [3.05, 3.63) is 57.3 Å². The van der Waals surface area contributed by atoms with Crippen molar-refractivity contribution in [2.24, 2.45) is 0 Å². The Labute approximate surface area is 148 Å². The quantitative estimate of drug-likeness (QED) is 0.894. The average Bonchev–Trinajstić information content (AvgIpc) is 2.51. The van der Waals surface area contributed by atoms with Gasteiger partial charge in [0.25, 0.3) is 11.5 Å². The van der Waals surface area contributed by atoms with Gasteiger partial charge in [0.1, 0.15) is 11.4 Å². The van der Waals surface area contributed by atoms with E-state index in [1.807, 2.05) is 64.0 Å². The van der Waals surface area contributed by atoms with Crippen LogP contribution in [0, 0.1) is 6.92 Å². The first-order chi connectivity index (χ1) is 11.6. The first kappa shape index (κ1) is 18.7. The van der Waals surface area contributed by atoms with E-state index in [2.05, 4.69) is 15.3 Å². The molecule has 1 amide bonds. The SMILES string of the molecule is Cc1nc(C(C)(C)C)[nH]c(=O)c1C(=O)NCc1ccc(N(C)C)cc1. The van der Waals surface area contributed by atoms with Crippen molar-refractivity contribution in [1.29, 1.82) is 0 Å². The zero-order valence-electron chi connectivity index (χ0n) is 15.7. The van der Waals surface area contributed by atoms with Crippen LogP contribution in [-0.4, -0.2) is 30.0 Å². The number of aryl methyl sites for hydroxylation is 1. The highest BCUT2D eigenvalue weighted by Crippen LogP contribution is 2.17. The Morgan fingerprint density at radius 2 is 1.80 bits per heavy atom. The number of hydrogen-bond donors (Lipinski definition) is 2. The van der Waals surface area contributed by atoms with E-state index in [1.54, 1.807) is 6.92 Å². The molecule has 2 aromatic rings. The number of carbonyl (C=O) groups is 1. The van der Waals surface area contributed by atoms with Gasteiger partial charge in [-0.05, 0) is 24.6 Å². The summed E-state index contributed by atoms with van der Waals surface area (Å²) in [6.07, 6.45) is 0. The highest BCUT2D eigenvalue weighted by atomic mass is 16.2. The maximum Gasteiger partial charge on any atom is 0.264 e. The Kier molecular flexibility index (Phi) is 5.30. The zero-order chi connectivity index (χ0) is 18.8. The third kappa shape index (κ3) is 4.47. The molecular formula is C19H26N4O2. The third-order valence-corrected chi connectivity index (χ3v) is 3.94. The number of hydrogen-bond acceptors (Lipinski definition) is 4. The van der Waals surface area contributed by atoms with E-state index >= 15 is 0 Å². The van der Waals surface area contributed by atoms with Crippen LogP contribution >= 0.6 is 0 Å². The van der Waals surface area contributed by atoms with Crippen LogP contribution in [0.4, 0.5) is 5.69 Å². The van der Waals surface area contributed by atoms with E-state index in [1.165, 1.54) is 0 Å². The van der Waals surface area contributed by atoms with Crippen LogP contribution < -0.4 is 15.8 Å². The number of anilines is 1. The smallest absolute Gasteiger partial charge is 0.264 e. The zero-order valence-corrected chi connectivity index (χ0v) is 15.7. The number of rotatable bonds is 4. The van der Waals surface area contributed by atoms with Crippen molar-refractivity contribution in [2.45, 2.75) is 39.7 Å².